The van der Waals surface area contributed by atoms with Crippen LogP contribution in [0.3, 0.4) is 0 Å². The summed E-state index contributed by atoms with van der Waals surface area (Å²) in [6.45, 7) is 18.3. The topological polar surface area (TPSA) is 197 Å². The van der Waals surface area contributed by atoms with Crippen LogP contribution in [-0.4, -0.2) is 103 Å². The normalized spacial score (nSPS) is 44.5. The van der Waals surface area contributed by atoms with Crippen molar-refractivity contribution in [1.29, 1.82) is 0 Å². The van der Waals surface area contributed by atoms with Crippen LogP contribution in [-0.2, 0) is 33.4 Å². The second kappa shape index (κ2) is 20.6. The van der Waals surface area contributed by atoms with E-state index in [1.54, 1.807) is 27.7 Å². The molecule has 2 bridgehead atoms. The number of Topliss-reactive ketones (excluding diaryl/α,β-unsaturated/α-hetero) is 3. The third kappa shape index (κ3) is 11.4. The van der Waals surface area contributed by atoms with Crippen LogP contribution in [0.15, 0.2) is 36.5 Å². The molecular weight excluding hydrogens is 732 g/mol. The largest absolute Gasteiger partial charge is 0.458 e. The van der Waals surface area contributed by atoms with Gasteiger partial charge >= 0.3 is 5.97 Å². The van der Waals surface area contributed by atoms with E-state index in [0.29, 0.717) is 25.7 Å². The molecule has 3 rings (SSSR count). The maximum Gasteiger partial charge on any atom is 0.330 e. The monoisotopic (exact) mass is 805 g/mol. The predicted molar refractivity (Wildman–Crippen MR) is 215 cm³/mol. The van der Waals surface area contributed by atoms with Gasteiger partial charge in [-0.2, -0.15) is 0 Å². The van der Waals surface area contributed by atoms with Crippen LogP contribution in [0.4, 0.5) is 0 Å². The van der Waals surface area contributed by atoms with Crippen molar-refractivity contribution in [2.75, 3.05) is 0 Å². The van der Waals surface area contributed by atoms with E-state index in [-0.39, 0.29) is 30.0 Å². The van der Waals surface area contributed by atoms with E-state index in [1.807, 2.05) is 32.1 Å². The fraction of sp³-hybridized carbons (Fsp3) is 0.778. The number of carbonyl (C=O) groups is 4. The summed E-state index contributed by atoms with van der Waals surface area (Å²) in [4.78, 5) is 54.5. The second-order valence-corrected chi connectivity index (χ2v) is 17.9. The number of hydrogen-bond donors (Lipinski definition) is 5. The van der Waals surface area contributed by atoms with Gasteiger partial charge in [0.15, 0.2) is 11.6 Å². The number of allylic oxidation sites excluding steroid dienone is 4. The van der Waals surface area contributed by atoms with Crippen molar-refractivity contribution >= 4 is 23.3 Å². The number of ketones is 3. The summed E-state index contributed by atoms with van der Waals surface area (Å²) in [6.07, 6.45) is 6.53. The molecule has 12 heteroatoms. The van der Waals surface area contributed by atoms with Gasteiger partial charge in [-0.25, -0.2) is 4.79 Å². The number of aliphatic hydroxyl groups is 5. The van der Waals surface area contributed by atoms with Crippen molar-refractivity contribution in [3.05, 3.63) is 36.5 Å². The third-order valence-electron chi connectivity index (χ3n) is 13.2. The molecule has 12 nitrogen and oxygen atoms in total. The van der Waals surface area contributed by atoms with E-state index < -0.39 is 107 Å². The van der Waals surface area contributed by atoms with E-state index >= 15 is 0 Å². The van der Waals surface area contributed by atoms with E-state index in [9.17, 15) is 44.7 Å². The first-order valence-corrected chi connectivity index (χ1v) is 21.1. The Kier molecular flexibility index (Phi) is 17.6. The van der Waals surface area contributed by atoms with Gasteiger partial charge in [0.2, 0.25) is 5.79 Å². The zero-order valence-electron chi connectivity index (χ0n) is 36.0. The fourth-order valence-electron chi connectivity index (χ4n) is 8.91. The lowest BCUT2D eigenvalue weighted by Crippen LogP contribution is -2.66. The number of rotatable bonds is 3. The summed E-state index contributed by atoms with van der Waals surface area (Å²) in [6, 6.07) is 0. The molecule has 3 aliphatic rings. The van der Waals surface area contributed by atoms with Crippen molar-refractivity contribution in [3.8, 4) is 0 Å². The Labute approximate surface area is 340 Å². The summed E-state index contributed by atoms with van der Waals surface area (Å²) >= 11 is 0. The number of esters is 1. The number of fused-ring (bicyclic) bond motifs is 2. The van der Waals surface area contributed by atoms with Crippen molar-refractivity contribution in [3.63, 3.8) is 0 Å². The molecule has 2 fully saturated rings. The maximum atomic E-state index is 14.0. The van der Waals surface area contributed by atoms with Gasteiger partial charge in [0.1, 0.15) is 17.5 Å². The van der Waals surface area contributed by atoms with Crippen molar-refractivity contribution in [2.24, 2.45) is 53.3 Å². The van der Waals surface area contributed by atoms with Crippen molar-refractivity contribution in [2.45, 2.75) is 169 Å². The van der Waals surface area contributed by atoms with Crippen LogP contribution in [0.1, 0.15) is 115 Å². The van der Waals surface area contributed by atoms with Crippen LogP contribution < -0.4 is 0 Å². The van der Waals surface area contributed by atoms with Gasteiger partial charge in [0.25, 0.3) is 0 Å². The molecule has 0 aromatic heterocycles. The maximum absolute atomic E-state index is 14.0. The van der Waals surface area contributed by atoms with Crippen LogP contribution in [0, 0.1) is 53.3 Å². The van der Waals surface area contributed by atoms with Gasteiger partial charge in [-0.3, -0.25) is 14.4 Å². The van der Waals surface area contributed by atoms with Crippen LogP contribution >= 0.6 is 0 Å². The smallest absolute Gasteiger partial charge is 0.330 e. The molecule has 2 saturated heterocycles. The zero-order chi connectivity index (χ0) is 43.2. The van der Waals surface area contributed by atoms with Crippen LogP contribution in [0.25, 0.3) is 0 Å². The molecular formula is C45H72O12. The molecule has 0 aliphatic carbocycles. The standard InChI is InChI=1S/C45H72O12/c1-12-33-17-15-13-14-16-25(3)42(52)44(11,54)43(53)31(9)40(51)30(8)39(50)29(7)38(49)24(2)18-21-37(48)55-41-28(6)34(20-19-33)56-45(32(41)10)36(47)22-26(4)35(57-45)23-27(5)46/h13-15,17-18,21,24-35,38,40-42,46,49,51-52,54H,12,16,19-20,22-23H2,1-11H3/t24-,25+,26-,27+,28+,29-,30-,31-,32-,33-,34-,35-,38+,40?,41+,42?,44+,45+/m1/s1. The summed E-state index contributed by atoms with van der Waals surface area (Å²) in [5.74, 6) is -9.55. The summed E-state index contributed by atoms with van der Waals surface area (Å²) in [5, 5.41) is 55.0. The lowest BCUT2D eigenvalue weighted by molar-refractivity contribution is -0.344. The Hall–Kier alpha value is -2.58. The Balaban J connectivity index is 2.02. The van der Waals surface area contributed by atoms with Gasteiger partial charge in [-0.15, -0.1) is 0 Å². The minimum absolute atomic E-state index is 0.132. The van der Waals surface area contributed by atoms with E-state index in [0.717, 1.165) is 6.42 Å². The highest BCUT2D eigenvalue weighted by Gasteiger charge is 2.61. The highest BCUT2D eigenvalue weighted by Crippen LogP contribution is 2.47. The quantitative estimate of drug-likeness (QED) is 0.238. The first-order valence-electron chi connectivity index (χ1n) is 21.1. The van der Waals surface area contributed by atoms with E-state index in [4.69, 9.17) is 14.2 Å². The highest BCUT2D eigenvalue weighted by molar-refractivity contribution is 5.91. The first-order chi connectivity index (χ1) is 26.5. The minimum atomic E-state index is -2.21. The van der Waals surface area contributed by atoms with Gasteiger partial charge in [0.05, 0.1) is 42.5 Å². The number of ether oxygens (including phenoxy) is 3. The van der Waals surface area contributed by atoms with Gasteiger partial charge in [-0.05, 0) is 63.7 Å². The summed E-state index contributed by atoms with van der Waals surface area (Å²) < 4.78 is 19.4. The second-order valence-electron chi connectivity index (χ2n) is 17.9. The molecule has 324 valence electrons. The van der Waals surface area contributed by atoms with Crippen LogP contribution in [0.2, 0.25) is 0 Å². The Bertz CT molecular complexity index is 1470. The molecule has 1 spiro atoms. The van der Waals surface area contributed by atoms with Crippen molar-refractivity contribution < 1.29 is 58.9 Å². The molecule has 2 unspecified atom stereocenters. The molecule has 3 aliphatic heterocycles. The molecule has 0 aromatic rings. The first kappa shape index (κ1) is 48.8. The fourth-order valence-corrected chi connectivity index (χ4v) is 8.91. The Morgan fingerprint density at radius 1 is 0.842 bits per heavy atom. The van der Waals surface area contributed by atoms with Gasteiger partial charge in [-0.1, -0.05) is 92.7 Å². The highest BCUT2D eigenvalue weighted by atomic mass is 16.7. The average molecular weight is 805 g/mol. The third-order valence-corrected chi connectivity index (χ3v) is 13.2. The summed E-state index contributed by atoms with van der Waals surface area (Å²) in [7, 11) is 0. The lowest BCUT2D eigenvalue weighted by atomic mass is 9.74. The molecule has 0 radical (unpaired) electrons. The zero-order valence-corrected chi connectivity index (χ0v) is 36.0. The number of hydrogen-bond acceptors (Lipinski definition) is 12. The average Bonchev–Trinajstić information content (AvgIpc) is 3.16. The van der Waals surface area contributed by atoms with Crippen molar-refractivity contribution in [1.82, 2.24) is 0 Å². The lowest BCUT2D eigenvalue weighted by Gasteiger charge is -2.54. The summed E-state index contributed by atoms with van der Waals surface area (Å²) in [5.41, 5.74) is -2.21. The molecule has 0 aromatic carbocycles. The van der Waals surface area contributed by atoms with Gasteiger partial charge in [0, 0.05) is 42.1 Å². The number of aliphatic hydroxyl groups excluding tert-OH is 4. The molecule has 5 N–H and O–H groups in total. The Morgan fingerprint density at radius 3 is 2.09 bits per heavy atom. The molecule has 18 atom stereocenters. The molecule has 0 amide bonds. The molecule has 0 saturated carbocycles. The predicted octanol–water partition coefficient (Wildman–Crippen LogP) is 5.06. The Morgan fingerprint density at radius 2 is 1.47 bits per heavy atom. The minimum Gasteiger partial charge on any atom is -0.458 e. The SMILES string of the molecule is CC[C@@H]1C=CC=CC[C@H](C)C(O)[C@](C)(O)C(=O)[C@H](C)C(O)[C@H](C)C(=O)[C@H](C)[C@@H](O)[C@H](C)C=CC(=O)O[C@H]2[C@@H](C)[C@@H](CC1)O[C@]1(O[C@H](C[C@H](C)O)[C@H](C)CC1=O)[C@@H]2C. The number of carbonyl (C=O) groups excluding carboxylic acids is 4. The van der Waals surface area contributed by atoms with E-state index in [1.165, 1.54) is 39.8 Å². The van der Waals surface area contributed by atoms with Gasteiger partial charge < -0.3 is 39.7 Å². The molecule has 3 heterocycles. The van der Waals surface area contributed by atoms with E-state index in [2.05, 4.69) is 13.0 Å². The van der Waals surface area contributed by atoms with Crippen LogP contribution in [0.5, 0.6) is 0 Å². The molecule has 57 heavy (non-hydrogen) atoms.